The number of halogens is 1. The summed E-state index contributed by atoms with van der Waals surface area (Å²) in [5.74, 6) is -1.05. The largest absolute Gasteiger partial charge is 0.325 e. The monoisotopic (exact) mass is 397 g/mol. The molecule has 1 aliphatic rings. The van der Waals surface area contributed by atoms with Crippen molar-refractivity contribution in [2.24, 2.45) is 0 Å². The van der Waals surface area contributed by atoms with Crippen LogP contribution in [0.4, 0.5) is 14.9 Å². The van der Waals surface area contributed by atoms with Crippen molar-refractivity contribution in [2.45, 2.75) is 38.6 Å². The fourth-order valence-corrected chi connectivity index (χ4v) is 3.29. The zero-order valence-corrected chi connectivity index (χ0v) is 16.7. The molecule has 0 radical (unpaired) electrons. The molecule has 4 amide bonds. The summed E-state index contributed by atoms with van der Waals surface area (Å²) in [7, 11) is 0. The summed E-state index contributed by atoms with van der Waals surface area (Å²) >= 11 is 0. The topological polar surface area (TPSA) is 78.5 Å². The van der Waals surface area contributed by atoms with Crippen LogP contribution in [0.15, 0.2) is 48.5 Å². The van der Waals surface area contributed by atoms with E-state index in [1.807, 2.05) is 12.1 Å². The summed E-state index contributed by atoms with van der Waals surface area (Å²) in [6.45, 7) is 5.36. The third-order valence-corrected chi connectivity index (χ3v) is 5.37. The Hall–Kier alpha value is -3.22. The van der Waals surface area contributed by atoms with Gasteiger partial charge in [0.2, 0.25) is 5.91 Å². The average Bonchev–Trinajstić information content (AvgIpc) is 2.92. The number of nitrogens with one attached hydrogen (secondary N) is 2. The Morgan fingerprint density at radius 1 is 1.14 bits per heavy atom. The maximum absolute atomic E-state index is 13.2. The molecule has 0 aromatic heterocycles. The number of benzene rings is 2. The third kappa shape index (κ3) is 4.13. The molecule has 1 aliphatic heterocycles. The predicted molar refractivity (Wildman–Crippen MR) is 108 cm³/mol. The van der Waals surface area contributed by atoms with Crippen LogP contribution in [-0.2, 0) is 15.1 Å². The fourth-order valence-electron chi connectivity index (χ4n) is 3.29. The van der Waals surface area contributed by atoms with Gasteiger partial charge in [0.05, 0.1) is 0 Å². The Balaban J connectivity index is 1.68. The number of hydrogen-bond donors (Lipinski definition) is 2. The first-order valence-electron chi connectivity index (χ1n) is 9.54. The van der Waals surface area contributed by atoms with Crippen molar-refractivity contribution >= 4 is 23.5 Å². The van der Waals surface area contributed by atoms with Crippen LogP contribution >= 0.6 is 0 Å². The van der Waals surface area contributed by atoms with Crippen molar-refractivity contribution in [2.75, 3.05) is 11.9 Å². The quantitative estimate of drug-likeness (QED) is 0.729. The molecular formula is C22H24FN3O3. The van der Waals surface area contributed by atoms with Crippen molar-refractivity contribution < 1.29 is 18.8 Å². The van der Waals surface area contributed by atoms with Gasteiger partial charge >= 0.3 is 6.03 Å². The molecule has 2 unspecified atom stereocenters. The van der Waals surface area contributed by atoms with E-state index in [0.717, 1.165) is 11.3 Å². The molecule has 0 spiro atoms. The lowest BCUT2D eigenvalue weighted by Crippen LogP contribution is -2.42. The zero-order chi connectivity index (χ0) is 21.2. The molecule has 3 rings (SSSR count). The van der Waals surface area contributed by atoms with Crippen molar-refractivity contribution in [3.63, 3.8) is 0 Å². The summed E-state index contributed by atoms with van der Waals surface area (Å²) < 4.78 is 13.2. The average molecular weight is 397 g/mol. The Kier molecular flexibility index (Phi) is 5.68. The van der Waals surface area contributed by atoms with E-state index in [4.69, 9.17) is 0 Å². The highest BCUT2D eigenvalue weighted by atomic mass is 19.1. The Labute approximate surface area is 169 Å². The van der Waals surface area contributed by atoms with Gasteiger partial charge in [0.15, 0.2) is 0 Å². The summed E-state index contributed by atoms with van der Waals surface area (Å²) in [6.07, 6.45) is 1.02. The summed E-state index contributed by atoms with van der Waals surface area (Å²) in [5.41, 5.74) is 0.870. The number of carbonyl (C=O) groups excluding carboxylic acids is 3. The van der Waals surface area contributed by atoms with Gasteiger partial charge in [-0.2, -0.15) is 0 Å². The van der Waals surface area contributed by atoms with Crippen LogP contribution in [-0.4, -0.2) is 29.3 Å². The summed E-state index contributed by atoms with van der Waals surface area (Å²) in [4.78, 5) is 38.4. The summed E-state index contributed by atoms with van der Waals surface area (Å²) in [5, 5.41) is 5.30. The van der Waals surface area contributed by atoms with E-state index in [1.165, 1.54) is 36.8 Å². The number of carbonyl (C=O) groups is 3. The van der Waals surface area contributed by atoms with Crippen LogP contribution in [0.1, 0.15) is 44.2 Å². The Bertz CT molecular complexity index is 927. The van der Waals surface area contributed by atoms with Crippen LogP contribution in [0.3, 0.4) is 0 Å². The molecule has 6 nitrogen and oxygen atoms in total. The van der Waals surface area contributed by atoms with Gasteiger partial charge in [-0.1, -0.05) is 38.1 Å². The van der Waals surface area contributed by atoms with Gasteiger partial charge in [-0.05, 0) is 54.7 Å². The number of urea groups is 1. The predicted octanol–water partition coefficient (Wildman–Crippen LogP) is 3.74. The van der Waals surface area contributed by atoms with Gasteiger partial charge < -0.3 is 10.6 Å². The van der Waals surface area contributed by atoms with Gasteiger partial charge in [0.25, 0.3) is 5.91 Å². The van der Waals surface area contributed by atoms with Gasteiger partial charge in [-0.15, -0.1) is 0 Å². The minimum atomic E-state index is -1.34. The lowest BCUT2D eigenvalue weighted by atomic mass is 9.92. The first kappa shape index (κ1) is 20.5. The Morgan fingerprint density at radius 3 is 2.34 bits per heavy atom. The minimum Gasteiger partial charge on any atom is -0.325 e. The maximum Gasteiger partial charge on any atom is 0.325 e. The molecule has 2 aromatic rings. The molecule has 1 heterocycles. The first-order chi connectivity index (χ1) is 13.7. The standard InChI is InChI=1S/C22H24FN3O3/c1-4-14(2)15-5-11-18(12-6-15)24-19(27)13-26-20(28)22(3,25-21(26)29)16-7-9-17(23)10-8-16/h5-12,14H,4,13H2,1-3H3,(H,24,27)(H,25,29). The van der Waals surface area contributed by atoms with E-state index < -0.39 is 35.7 Å². The second-order valence-electron chi connectivity index (χ2n) is 7.43. The number of amides is 4. The second-order valence-corrected chi connectivity index (χ2v) is 7.43. The number of imide groups is 1. The molecule has 2 aromatic carbocycles. The van der Waals surface area contributed by atoms with Gasteiger partial charge in [0, 0.05) is 5.69 Å². The van der Waals surface area contributed by atoms with Crippen molar-refractivity contribution in [3.05, 3.63) is 65.5 Å². The molecular weight excluding hydrogens is 373 g/mol. The van der Waals surface area contributed by atoms with E-state index in [1.54, 1.807) is 12.1 Å². The molecule has 152 valence electrons. The molecule has 1 saturated heterocycles. The highest BCUT2D eigenvalue weighted by Gasteiger charge is 2.49. The Morgan fingerprint density at radius 2 is 1.76 bits per heavy atom. The van der Waals surface area contributed by atoms with E-state index in [-0.39, 0.29) is 0 Å². The molecule has 1 fully saturated rings. The highest BCUT2D eigenvalue weighted by molar-refractivity contribution is 6.10. The van der Waals surface area contributed by atoms with E-state index in [9.17, 15) is 18.8 Å². The van der Waals surface area contributed by atoms with Crippen LogP contribution in [0.5, 0.6) is 0 Å². The molecule has 2 N–H and O–H groups in total. The van der Waals surface area contributed by atoms with Gasteiger partial charge in [0.1, 0.15) is 17.9 Å². The molecule has 2 atom stereocenters. The van der Waals surface area contributed by atoms with E-state index in [2.05, 4.69) is 24.5 Å². The number of anilines is 1. The van der Waals surface area contributed by atoms with Crippen molar-refractivity contribution in [3.8, 4) is 0 Å². The SMILES string of the molecule is CCC(C)c1ccc(NC(=O)CN2C(=O)NC(C)(c3ccc(F)cc3)C2=O)cc1. The second kappa shape index (κ2) is 8.03. The summed E-state index contributed by atoms with van der Waals surface area (Å²) in [6, 6.07) is 12.2. The lowest BCUT2D eigenvalue weighted by Gasteiger charge is -2.22. The molecule has 0 saturated carbocycles. The third-order valence-electron chi connectivity index (χ3n) is 5.37. The van der Waals surface area contributed by atoms with E-state index in [0.29, 0.717) is 17.2 Å². The van der Waals surface area contributed by atoms with Gasteiger partial charge in [-0.3, -0.25) is 14.5 Å². The minimum absolute atomic E-state index is 0.408. The maximum atomic E-state index is 13.2. The fraction of sp³-hybridized carbons (Fsp3) is 0.318. The number of nitrogens with zero attached hydrogens (tertiary/aromatic N) is 1. The van der Waals surface area contributed by atoms with Crippen LogP contribution in [0, 0.1) is 5.82 Å². The van der Waals surface area contributed by atoms with Crippen LogP contribution in [0.2, 0.25) is 0 Å². The molecule has 0 aliphatic carbocycles. The van der Waals surface area contributed by atoms with Crippen LogP contribution in [0.25, 0.3) is 0 Å². The number of rotatable bonds is 6. The zero-order valence-electron chi connectivity index (χ0n) is 16.7. The smallest absolute Gasteiger partial charge is 0.325 e. The van der Waals surface area contributed by atoms with Crippen molar-refractivity contribution in [1.82, 2.24) is 10.2 Å². The lowest BCUT2D eigenvalue weighted by molar-refractivity contribution is -0.133. The molecule has 7 heteroatoms. The normalized spacial score (nSPS) is 19.8. The van der Waals surface area contributed by atoms with Crippen molar-refractivity contribution in [1.29, 1.82) is 0 Å². The van der Waals surface area contributed by atoms with Crippen LogP contribution < -0.4 is 10.6 Å². The first-order valence-corrected chi connectivity index (χ1v) is 9.54. The number of hydrogen-bond acceptors (Lipinski definition) is 3. The highest BCUT2D eigenvalue weighted by Crippen LogP contribution is 2.29. The van der Waals surface area contributed by atoms with E-state index >= 15 is 0 Å². The molecule has 0 bridgehead atoms. The van der Waals surface area contributed by atoms with Gasteiger partial charge in [-0.25, -0.2) is 9.18 Å². The molecule has 29 heavy (non-hydrogen) atoms.